The maximum Gasteiger partial charge on any atom is 0.188 e. The zero-order valence-electron chi connectivity index (χ0n) is 12.4. The fourth-order valence-corrected chi connectivity index (χ4v) is 3.64. The summed E-state index contributed by atoms with van der Waals surface area (Å²) in [5, 5.41) is 11.9. The number of carbonyl (C=O) groups excluding carboxylic acids is 1. The summed E-state index contributed by atoms with van der Waals surface area (Å²) in [4.78, 5) is 17.0. The molecule has 1 aliphatic carbocycles. The monoisotopic (exact) mass is 299 g/mol. The van der Waals surface area contributed by atoms with Crippen LogP contribution in [-0.2, 0) is 0 Å². The van der Waals surface area contributed by atoms with Crippen LogP contribution in [0.15, 0.2) is 11.4 Å². The standard InChI is InChI=1S/C16H17N3OS/c1-9-8-21-16(18-9)14(7-17)15(20)13-6-10(2)19(11(13)3)12-4-5-12/h6,8,12,14H,4-5H2,1-3H3. The molecule has 21 heavy (non-hydrogen) atoms. The molecule has 0 saturated heterocycles. The SMILES string of the molecule is Cc1csc(C(C#N)C(=O)c2cc(C)n(C3CC3)c2C)n1. The Hall–Kier alpha value is -1.93. The Morgan fingerprint density at radius 1 is 1.48 bits per heavy atom. The molecule has 0 aromatic carbocycles. The van der Waals surface area contributed by atoms with Crippen molar-refractivity contribution in [2.45, 2.75) is 45.6 Å². The molecule has 0 spiro atoms. The third kappa shape index (κ3) is 2.40. The number of Topliss-reactive ketones (excluding diaryl/α,β-unsaturated/α-hetero) is 1. The highest BCUT2D eigenvalue weighted by Crippen LogP contribution is 2.39. The summed E-state index contributed by atoms with van der Waals surface area (Å²) in [5.74, 6) is -0.927. The predicted octanol–water partition coefficient (Wildman–Crippen LogP) is 3.69. The van der Waals surface area contributed by atoms with E-state index in [0.29, 0.717) is 16.6 Å². The van der Waals surface area contributed by atoms with Gasteiger partial charge in [-0.1, -0.05) is 0 Å². The van der Waals surface area contributed by atoms with Crippen LogP contribution in [-0.4, -0.2) is 15.3 Å². The maximum absolute atomic E-state index is 12.7. The first-order chi connectivity index (χ1) is 10.0. The van der Waals surface area contributed by atoms with E-state index in [1.165, 1.54) is 24.2 Å². The van der Waals surface area contributed by atoms with Gasteiger partial charge >= 0.3 is 0 Å². The highest BCUT2D eigenvalue weighted by molar-refractivity contribution is 7.10. The van der Waals surface area contributed by atoms with E-state index in [-0.39, 0.29) is 5.78 Å². The van der Waals surface area contributed by atoms with Crippen LogP contribution in [0.25, 0.3) is 0 Å². The lowest BCUT2D eigenvalue weighted by atomic mass is 9.99. The fourth-order valence-electron chi connectivity index (χ4n) is 2.81. The molecule has 2 heterocycles. The van der Waals surface area contributed by atoms with E-state index in [0.717, 1.165) is 17.1 Å². The van der Waals surface area contributed by atoms with Crippen molar-refractivity contribution in [2.24, 2.45) is 0 Å². The van der Waals surface area contributed by atoms with Gasteiger partial charge in [0.05, 0.1) is 6.07 Å². The van der Waals surface area contributed by atoms with Crippen LogP contribution >= 0.6 is 11.3 Å². The Balaban J connectivity index is 1.98. The largest absolute Gasteiger partial charge is 0.345 e. The topological polar surface area (TPSA) is 58.7 Å². The second kappa shape index (κ2) is 5.12. The van der Waals surface area contributed by atoms with Gasteiger partial charge in [-0.05, 0) is 39.7 Å². The average Bonchev–Trinajstić information content (AvgIpc) is 3.11. The van der Waals surface area contributed by atoms with Crippen molar-refractivity contribution in [3.63, 3.8) is 0 Å². The molecular formula is C16H17N3OS. The molecule has 108 valence electrons. The van der Waals surface area contributed by atoms with E-state index in [4.69, 9.17) is 0 Å². The molecule has 1 fully saturated rings. The zero-order valence-corrected chi connectivity index (χ0v) is 13.2. The molecule has 5 heteroatoms. The molecule has 0 aliphatic heterocycles. The Bertz CT molecular complexity index is 746. The average molecular weight is 299 g/mol. The second-order valence-electron chi connectivity index (χ2n) is 5.64. The summed E-state index contributed by atoms with van der Waals surface area (Å²) in [6.45, 7) is 5.87. The Morgan fingerprint density at radius 3 is 2.71 bits per heavy atom. The second-order valence-corrected chi connectivity index (χ2v) is 6.53. The quantitative estimate of drug-likeness (QED) is 0.809. The maximum atomic E-state index is 12.7. The number of carbonyl (C=O) groups is 1. The predicted molar refractivity (Wildman–Crippen MR) is 81.7 cm³/mol. The third-order valence-corrected chi connectivity index (χ3v) is 4.96. The molecule has 4 nitrogen and oxygen atoms in total. The van der Waals surface area contributed by atoms with Gasteiger partial charge in [-0.2, -0.15) is 5.26 Å². The minimum Gasteiger partial charge on any atom is -0.345 e. The van der Waals surface area contributed by atoms with Gasteiger partial charge in [0.2, 0.25) is 0 Å². The van der Waals surface area contributed by atoms with Crippen molar-refractivity contribution in [3.8, 4) is 6.07 Å². The molecule has 0 bridgehead atoms. The van der Waals surface area contributed by atoms with E-state index in [1.807, 2.05) is 32.2 Å². The smallest absolute Gasteiger partial charge is 0.188 e. The number of rotatable bonds is 4. The minimum absolute atomic E-state index is 0.133. The van der Waals surface area contributed by atoms with Crippen LogP contribution in [0, 0.1) is 32.1 Å². The van der Waals surface area contributed by atoms with Gasteiger partial charge < -0.3 is 4.57 Å². The van der Waals surface area contributed by atoms with Crippen molar-refractivity contribution in [2.75, 3.05) is 0 Å². The number of ketones is 1. The zero-order chi connectivity index (χ0) is 15.1. The summed E-state index contributed by atoms with van der Waals surface area (Å²) in [5.41, 5.74) is 3.60. The first kappa shape index (κ1) is 14.0. The highest BCUT2D eigenvalue weighted by atomic mass is 32.1. The fraction of sp³-hybridized carbons (Fsp3) is 0.438. The van der Waals surface area contributed by atoms with Gasteiger partial charge in [0.15, 0.2) is 11.7 Å². The van der Waals surface area contributed by atoms with Crippen LogP contribution in [0.1, 0.15) is 57.2 Å². The normalized spacial score (nSPS) is 15.7. The third-order valence-electron chi connectivity index (χ3n) is 3.94. The molecule has 3 rings (SSSR count). The number of nitriles is 1. The lowest BCUT2D eigenvalue weighted by Gasteiger charge is -2.08. The van der Waals surface area contributed by atoms with Crippen LogP contribution in [0.4, 0.5) is 0 Å². The molecule has 0 amide bonds. The first-order valence-electron chi connectivity index (χ1n) is 7.07. The van der Waals surface area contributed by atoms with E-state index >= 15 is 0 Å². The van der Waals surface area contributed by atoms with E-state index in [2.05, 4.69) is 15.6 Å². The molecule has 1 saturated carbocycles. The van der Waals surface area contributed by atoms with Gasteiger partial charge in [-0.3, -0.25) is 4.79 Å². The van der Waals surface area contributed by atoms with Gasteiger partial charge in [-0.25, -0.2) is 4.98 Å². The molecule has 2 aromatic rings. The van der Waals surface area contributed by atoms with Gasteiger partial charge in [-0.15, -0.1) is 11.3 Å². The molecule has 1 atom stereocenters. The molecule has 1 aliphatic rings. The highest BCUT2D eigenvalue weighted by Gasteiger charge is 2.31. The van der Waals surface area contributed by atoms with Crippen LogP contribution in [0.2, 0.25) is 0 Å². The van der Waals surface area contributed by atoms with Crippen LogP contribution in [0.3, 0.4) is 0 Å². The Morgan fingerprint density at radius 2 is 2.19 bits per heavy atom. The number of aryl methyl sites for hydroxylation is 2. The molecule has 1 unspecified atom stereocenters. The van der Waals surface area contributed by atoms with Crippen molar-refractivity contribution in [1.82, 2.24) is 9.55 Å². The summed E-state index contributed by atoms with van der Waals surface area (Å²) in [6.07, 6.45) is 2.36. The first-order valence-corrected chi connectivity index (χ1v) is 7.95. The summed E-state index contributed by atoms with van der Waals surface area (Å²) in [7, 11) is 0. The molecular weight excluding hydrogens is 282 g/mol. The van der Waals surface area contributed by atoms with Crippen LogP contribution in [0.5, 0.6) is 0 Å². The van der Waals surface area contributed by atoms with Gasteiger partial charge in [0.25, 0.3) is 0 Å². The number of hydrogen-bond donors (Lipinski definition) is 0. The lowest BCUT2D eigenvalue weighted by Crippen LogP contribution is -2.12. The van der Waals surface area contributed by atoms with Crippen molar-refractivity contribution in [3.05, 3.63) is 39.1 Å². The van der Waals surface area contributed by atoms with Crippen molar-refractivity contribution in [1.29, 1.82) is 5.26 Å². The number of aromatic nitrogens is 2. The van der Waals surface area contributed by atoms with E-state index in [1.54, 1.807) is 0 Å². The van der Waals surface area contributed by atoms with Gasteiger partial charge in [0.1, 0.15) is 5.01 Å². The summed E-state index contributed by atoms with van der Waals surface area (Å²) < 4.78 is 2.23. The number of hydrogen-bond acceptors (Lipinski definition) is 4. The Kier molecular flexibility index (Phi) is 3.42. The van der Waals surface area contributed by atoms with E-state index in [9.17, 15) is 10.1 Å². The van der Waals surface area contributed by atoms with Crippen LogP contribution < -0.4 is 0 Å². The lowest BCUT2D eigenvalue weighted by molar-refractivity contribution is 0.0978. The molecule has 2 aromatic heterocycles. The van der Waals surface area contributed by atoms with E-state index < -0.39 is 5.92 Å². The van der Waals surface area contributed by atoms with Crippen molar-refractivity contribution < 1.29 is 4.79 Å². The summed E-state index contributed by atoms with van der Waals surface area (Å²) in [6, 6.07) is 4.57. The number of nitrogens with zero attached hydrogens (tertiary/aromatic N) is 3. The number of thiazole rings is 1. The molecule has 0 N–H and O–H groups in total. The minimum atomic E-state index is -0.795. The Labute approximate surface area is 128 Å². The van der Waals surface area contributed by atoms with Gasteiger partial charge in [0, 0.05) is 34.1 Å². The van der Waals surface area contributed by atoms with Crippen molar-refractivity contribution >= 4 is 17.1 Å². The molecule has 0 radical (unpaired) electrons. The summed E-state index contributed by atoms with van der Waals surface area (Å²) >= 11 is 1.38.